The number of ether oxygens (including phenoxy) is 1. The van der Waals surface area contributed by atoms with E-state index in [0.29, 0.717) is 13.0 Å². The van der Waals surface area contributed by atoms with Crippen LogP contribution in [0.3, 0.4) is 0 Å². The van der Waals surface area contributed by atoms with Gasteiger partial charge in [0.05, 0.1) is 12.1 Å². The lowest BCUT2D eigenvalue weighted by atomic mass is 9.98. The van der Waals surface area contributed by atoms with Crippen LogP contribution in [0, 0.1) is 0 Å². The summed E-state index contributed by atoms with van der Waals surface area (Å²) in [5, 5.41) is 18.7. The second-order valence-corrected chi connectivity index (χ2v) is 3.18. The summed E-state index contributed by atoms with van der Waals surface area (Å²) in [6.07, 6.45) is -1.54. The number of carbonyl (C=O) groups excluding carboxylic acids is 1. The number of piperidine rings is 1. The molecule has 3 atom stereocenters. The van der Waals surface area contributed by atoms with Crippen molar-refractivity contribution in [3.63, 3.8) is 0 Å². The third-order valence-electron chi connectivity index (χ3n) is 2.47. The van der Waals surface area contributed by atoms with Crippen LogP contribution in [0.15, 0.2) is 0 Å². The largest absolute Gasteiger partial charge is 0.447 e. The molecule has 0 radical (unpaired) electrons. The highest BCUT2D eigenvalue weighted by atomic mass is 16.6. The molecule has 1 amide bonds. The average Bonchev–Trinajstić information content (AvgIpc) is 2.41. The second kappa shape index (κ2) is 2.60. The topological polar surface area (TPSA) is 70.0 Å². The Morgan fingerprint density at radius 3 is 3.00 bits per heavy atom. The SMILES string of the molecule is O=C1OCC2C(O)C(O)CCN12. The first-order valence-electron chi connectivity index (χ1n) is 3.99. The van der Waals surface area contributed by atoms with Gasteiger partial charge in [-0.05, 0) is 6.42 Å². The highest BCUT2D eigenvalue weighted by molar-refractivity contribution is 5.70. The molecule has 2 N–H and O–H groups in total. The standard InChI is InChI=1S/C7H11NO4/c9-5-1-2-8-4(6(5)10)3-12-7(8)11/h4-6,9-10H,1-3H2. The molecule has 5 heteroatoms. The predicted octanol–water partition coefficient (Wildman–Crippen LogP) is -1.07. The van der Waals surface area contributed by atoms with Crippen LogP contribution >= 0.6 is 0 Å². The first-order valence-corrected chi connectivity index (χ1v) is 3.99. The van der Waals surface area contributed by atoms with E-state index < -0.39 is 12.2 Å². The molecule has 5 nitrogen and oxygen atoms in total. The summed E-state index contributed by atoms with van der Waals surface area (Å²) in [5.41, 5.74) is 0. The van der Waals surface area contributed by atoms with E-state index in [1.165, 1.54) is 4.90 Å². The van der Waals surface area contributed by atoms with Crippen molar-refractivity contribution in [2.45, 2.75) is 24.7 Å². The molecule has 2 fully saturated rings. The summed E-state index contributed by atoms with van der Waals surface area (Å²) >= 11 is 0. The van der Waals surface area contributed by atoms with Crippen LogP contribution in [-0.2, 0) is 4.74 Å². The van der Waals surface area contributed by atoms with Gasteiger partial charge in [0, 0.05) is 6.54 Å². The summed E-state index contributed by atoms with van der Waals surface area (Å²) in [6.45, 7) is 0.665. The molecule has 0 aromatic carbocycles. The zero-order chi connectivity index (χ0) is 8.72. The monoisotopic (exact) mass is 173 g/mol. The molecule has 3 unspecified atom stereocenters. The third kappa shape index (κ3) is 0.971. The maximum atomic E-state index is 11.0. The van der Waals surface area contributed by atoms with E-state index in [9.17, 15) is 15.0 Å². The van der Waals surface area contributed by atoms with Gasteiger partial charge in [-0.25, -0.2) is 4.79 Å². The zero-order valence-corrected chi connectivity index (χ0v) is 6.51. The molecule has 68 valence electrons. The molecule has 0 spiro atoms. The van der Waals surface area contributed by atoms with Gasteiger partial charge in [0.2, 0.25) is 0 Å². The van der Waals surface area contributed by atoms with E-state index in [-0.39, 0.29) is 18.7 Å². The fourth-order valence-electron chi connectivity index (χ4n) is 1.70. The summed E-state index contributed by atoms with van der Waals surface area (Å²) in [6, 6.07) is -0.346. The minimum absolute atomic E-state index is 0.192. The van der Waals surface area contributed by atoms with Crippen LogP contribution in [-0.4, -0.2) is 52.6 Å². The third-order valence-corrected chi connectivity index (χ3v) is 2.47. The smallest absolute Gasteiger partial charge is 0.410 e. The van der Waals surface area contributed by atoms with Gasteiger partial charge < -0.3 is 14.9 Å². The van der Waals surface area contributed by atoms with Crippen molar-refractivity contribution in [3.05, 3.63) is 0 Å². The molecular formula is C7H11NO4. The van der Waals surface area contributed by atoms with Crippen LogP contribution < -0.4 is 0 Å². The summed E-state index contributed by atoms with van der Waals surface area (Å²) in [7, 11) is 0. The van der Waals surface area contributed by atoms with Gasteiger partial charge in [-0.3, -0.25) is 4.90 Å². The highest BCUT2D eigenvalue weighted by Crippen LogP contribution is 2.23. The van der Waals surface area contributed by atoms with Crippen LogP contribution in [0.5, 0.6) is 0 Å². The van der Waals surface area contributed by atoms with Crippen LogP contribution in [0.1, 0.15) is 6.42 Å². The fourth-order valence-corrected chi connectivity index (χ4v) is 1.70. The summed E-state index contributed by atoms with van der Waals surface area (Å²) < 4.78 is 4.73. The lowest BCUT2D eigenvalue weighted by molar-refractivity contribution is -0.0523. The number of nitrogens with zero attached hydrogens (tertiary/aromatic N) is 1. The van der Waals surface area contributed by atoms with Crippen molar-refractivity contribution < 1.29 is 19.7 Å². The molecule has 2 aliphatic rings. The highest BCUT2D eigenvalue weighted by Gasteiger charge is 2.43. The van der Waals surface area contributed by atoms with Crippen molar-refractivity contribution in [1.82, 2.24) is 4.90 Å². The Hall–Kier alpha value is -0.810. The molecule has 12 heavy (non-hydrogen) atoms. The molecule has 0 bridgehead atoms. The Labute approximate surface area is 69.5 Å². The number of carbonyl (C=O) groups is 1. The summed E-state index contributed by atoms with van der Waals surface area (Å²) in [5.74, 6) is 0. The first kappa shape index (κ1) is 7.82. The van der Waals surface area contributed by atoms with Gasteiger partial charge in [0.1, 0.15) is 12.7 Å². The van der Waals surface area contributed by atoms with Crippen molar-refractivity contribution in [3.8, 4) is 0 Å². The number of aliphatic hydroxyl groups is 2. The van der Waals surface area contributed by atoms with Crippen LogP contribution in [0.2, 0.25) is 0 Å². The van der Waals surface area contributed by atoms with E-state index in [0.717, 1.165) is 0 Å². The Balaban J connectivity index is 2.14. The zero-order valence-electron chi connectivity index (χ0n) is 6.51. The van der Waals surface area contributed by atoms with E-state index in [1.807, 2.05) is 0 Å². The van der Waals surface area contributed by atoms with Gasteiger partial charge in [0.15, 0.2) is 0 Å². The molecular weight excluding hydrogens is 162 g/mol. The quantitative estimate of drug-likeness (QED) is 0.489. The van der Waals surface area contributed by atoms with Crippen LogP contribution in [0.25, 0.3) is 0 Å². The number of hydrogen-bond donors (Lipinski definition) is 2. The van der Waals surface area contributed by atoms with E-state index in [2.05, 4.69) is 0 Å². The normalized spacial score (nSPS) is 41.0. The molecule has 0 aromatic rings. The first-order chi connectivity index (χ1) is 5.70. The van der Waals surface area contributed by atoms with Crippen LogP contribution in [0.4, 0.5) is 4.79 Å². The number of amides is 1. The maximum Gasteiger partial charge on any atom is 0.410 e. The van der Waals surface area contributed by atoms with Gasteiger partial charge in [0.25, 0.3) is 0 Å². The Kier molecular flexibility index (Phi) is 1.69. The number of rotatable bonds is 0. The molecule has 0 aliphatic carbocycles. The van der Waals surface area contributed by atoms with Gasteiger partial charge in [-0.1, -0.05) is 0 Å². The van der Waals surface area contributed by atoms with Crippen molar-refractivity contribution in [1.29, 1.82) is 0 Å². The molecule has 2 aliphatic heterocycles. The van der Waals surface area contributed by atoms with Crippen molar-refractivity contribution in [2.24, 2.45) is 0 Å². The van der Waals surface area contributed by atoms with E-state index in [1.54, 1.807) is 0 Å². The van der Waals surface area contributed by atoms with Crippen molar-refractivity contribution >= 4 is 6.09 Å². The Morgan fingerprint density at radius 1 is 1.50 bits per heavy atom. The van der Waals surface area contributed by atoms with Gasteiger partial charge in [-0.15, -0.1) is 0 Å². The van der Waals surface area contributed by atoms with Gasteiger partial charge >= 0.3 is 6.09 Å². The lowest BCUT2D eigenvalue weighted by Crippen LogP contribution is -2.53. The molecule has 0 saturated carbocycles. The van der Waals surface area contributed by atoms with Gasteiger partial charge in [-0.2, -0.15) is 0 Å². The predicted molar refractivity (Wildman–Crippen MR) is 38.5 cm³/mol. The number of hydrogen-bond acceptors (Lipinski definition) is 4. The summed E-state index contributed by atoms with van der Waals surface area (Å²) in [4.78, 5) is 12.4. The number of cyclic esters (lactones) is 1. The maximum absolute atomic E-state index is 11.0. The van der Waals surface area contributed by atoms with E-state index >= 15 is 0 Å². The number of fused-ring (bicyclic) bond motifs is 1. The molecule has 2 rings (SSSR count). The Bertz CT molecular complexity index is 208. The molecule has 0 aromatic heterocycles. The second-order valence-electron chi connectivity index (χ2n) is 3.18. The molecule has 2 heterocycles. The minimum Gasteiger partial charge on any atom is -0.447 e. The fraction of sp³-hybridized carbons (Fsp3) is 0.857. The number of aliphatic hydroxyl groups excluding tert-OH is 2. The van der Waals surface area contributed by atoms with E-state index in [4.69, 9.17) is 4.74 Å². The molecule has 2 saturated heterocycles. The minimum atomic E-state index is -0.856. The Morgan fingerprint density at radius 2 is 2.25 bits per heavy atom. The lowest BCUT2D eigenvalue weighted by Gasteiger charge is -2.34. The van der Waals surface area contributed by atoms with Crippen molar-refractivity contribution in [2.75, 3.05) is 13.2 Å². The average molecular weight is 173 g/mol.